The number of hydrogen-bond acceptors (Lipinski definition) is 19. The van der Waals surface area contributed by atoms with E-state index < -0.39 is 0 Å². The minimum absolute atomic E-state index is 0.00235. The molecule has 99 heavy (non-hydrogen) atoms. The van der Waals surface area contributed by atoms with E-state index in [1.54, 1.807) is 71.4 Å². The van der Waals surface area contributed by atoms with E-state index in [1.165, 1.54) is 32.4 Å². The minimum Gasteiger partial charge on any atom is -0.495 e. The summed E-state index contributed by atoms with van der Waals surface area (Å²) in [6, 6.07) is 18.4. The van der Waals surface area contributed by atoms with Crippen LogP contribution in [0.4, 0.5) is 17.8 Å². The third kappa shape index (κ3) is 16.6. The molecule has 3 fully saturated rings. The molecule has 516 valence electrons. The molecule has 4 heterocycles. The number of nitrogens with one attached hydrogen (secondary N) is 6. The van der Waals surface area contributed by atoms with Gasteiger partial charge < -0.3 is 60.3 Å². The van der Waals surface area contributed by atoms with Crippen molar-refractivity contribution in [2.75, 3.05) is 58.6 Å². The minimum atomic E-state index is -0.186. The number of fused-ring (bicyclic) bond motifs is 3. The Kier molecular flexibility index (Phi) is 24.3. The third-order valence-corrected chi connectivity index (χ3v) is 19.5. The zero-order chi connectivity index (χ0) is 70.6. The zero-order valence-electron chi connectivity index (χ0n) is 54.8. The third-order valence-electron chi connectivity index (χ3n) is 17.2. The van der Waals surface area contributed by atoms with Crippen molar-refractivity contribution in [3.05, 3.63) is 154 Å². The Balaban J connectivity index is 0.000000161. The van der Waals surface area contributed by atoms with Crippen LogP contribution in [0.25, 0.3) is 66.2 Å². The number of aromatic nitrogens is 7. The molecule has 5 aromatic carbocycles. The van der Waals surface area contributed by atoms with Gasteiger partial charge in [0.15, 0.2) is 5.65 Å². The highest BCUT2D eigenvalue weighted by molar-refractivity contribution is 6.42. The fraction of sp³-hybridized carbons (Fsp3) is 0.296. The van der Waals surface area contributed by atoms with E-state index in [9.17, 15) is 14.4 Å². The van der Waals surface area contributed by atoms with Gasteiger partial charge in [-0.2, -0.15) is 4.98 Å². The molecular formula is C71H71Cl6N13O9. The standard InChI is InChI=1S/2C24H24Cl2N4O3.C23H23Cl2N5O3/c2*1-4-20(31)28-16-6-5-7-17(16)30-24-27-12-14-10-13(8-9-15(14)29-24)21-22(25)18(32-2)11-19(33-3)23(21)26;1-4-18(31)28-14-6-5-7-15(14)29-23-27-11-13-8-12(10-26-22(13)30-23)19-20(24)16(32-2)9-17(33-3)21(19)25/h2*4,8-12,16-17H,1,5-7H2,2-3H3,(H,28,31)(H,27,29,30);4,8-11,14-15H,1,5-7H2,2-3H3,(H,28,31)(H,26,27,29,30)/t16-,17+;;14-,15+/m0.0/s1. The van der Waals surface area contributed by atoms with Crippen molar-refractivity contribution >= 4 is 138 Å². The Morgan fingerprint density at radius 3 is 1.00 bits per heavy atom. The van der Waals surface area contributed by atoms with E-state index >= 15 is 0 Å². The lowest BCUT2D eigenvalue weighted by Gasteiger charge is -2.21. The van der Waals surface area contributed by atoms with Crippen LogP contribution in [0.15, 0.2) is 123 Å². The Bertz CT molecular complexity index is 4020. The molecule has 0 aliphatic heterocycles. The average Bonchev–Trinajstić information content (AvgIpc) is 0.979. The molecule has 0 radical (unpaired) electrons. The Hall–Kier alpha value is -9.16. The molecule has 0 saturated heterocycles. The molecule has 12 rings (SSSR count). The van der Waals surface area contributed by atoms with Gasteiger partial charge in [-0.1, -0.05) is 101 Å². The first-order chi connectivity index (χ1) is 47.8. The normalized spacial score (nSPS) is 17.6. The van der Waals surface area contributed by atoms with Crippen LogP contribution in [-0.2, 0) is 14.4 Å². The summed E-state index contributed by atoms with van der Waals surface area (Å²) in [4.78, 5) is 66.8. The van der Waals surface area contributed by atoms with Crippen LogP contribution in [0.5, 0.6) is 34.5 Å². The van der Waals surface area contributed by atoms with E-state index in [0.29, 0.717) is 110 Å². The summed E-state index contributed by atoms with van der Waals surface area (Å²) in [6.45, 7) is 10.5. The molecule has 4 aromatic heterocycles. The van der Waals surface area contributed by atoms with Crippen molar-refractivity contribution < 1.29 is 42.8 Å². The summed E-state index contributed by atoms with van der Waals surface area (Å²) >= 11 is 39.3. The SMILES string of the molecule is C=CC(=O)NC1CCCC1Nc1ncc2cc(-c3c(Cl)c(OC)cc(OC)c3Cl)ccc2n1.C=CC(=O)N[C@H]1CCC[C@H]1Nc1ncc2cc(-c3c(Cl)c(OC)cc(OC)c3Cl)ccc2n1.C=CC(=O)N[C@H]1CCC[C@H]1Nc1ncc2cc(-c3c(Cl)c(OC)cc(OC)c3Cl)cnc2n1. The van der Waals surface area contributed by atoms with E-state index in [-0.39, 0.29) is 54.0 Å². The quantitative estimate of drug-likeness (QED) is 0.0365. The van der Waals surface area contributed by atoms with Crippen LogP contribution < -0.4 is 60.3 Å². The zero-order valence-corrected chi connectivity index (χ0v) is 59.4. The Morgan fingerprint density at radius 1 is 0.384 bits per heavy atom. The summed E-state index contributed by atoms with van der Waals surface area (Å²) < 4.78 is 32.2. The molecule has 0 spiro atoms. The van der Waals surface area contributed by atoms with Crippen molar-refractivity contribution in [3.8, 4) is 67.9 Å². The lowest BCUT2D eigenvalue weighted by Crippen LogP contribution is -2.42. The Labute approximate surface area is 601 Å². The summed E-state index contributed by atoms with van der Waals surface area (Å²) in [7, 11) is 9.21. The molecule has 3 amide bonds. The number of rotatable bonds is 21. The predicted molar refractivity (Wildman–Crippen MR) is 392 cm³/mol. The Morgan fingerprint density at radius 2 is 0.677 bits per heavy atom. The monoisotopic (exact) mass is 1460 g/mol. The first kappa shape index (κ1) is 72.6. The molecular weight excluding hydrogens is 1390 g/mol. The number of hydrogen-bond donors (Lipinski definition) is 6. The van der Waals surface area contributed by atoms with E-state index in [4.69, 9.17) is 98.0 Å². The van der Waals surface area contributed by atoms with Crippen LogP contribution in [0, 0.1) is 0 Å². The van der Waals surface area contributed by atoms with Crippen LogP contribution in [0.3, 0.4) is 0 Å². The number of carbonyl (C=O) groups is 3. The van der Waals surface area contributed by atoms with E-state index in [2.05, 4.69) is 86.5 Å². The molecule has 3 aliphatic rings. The maximum Gasteiger partial charge on any atom is 0.243 e. The molecule has 28 heteroatoms. The lowest BCUT2D eigenvalue weighted by atomic mass is 10.0. The van der Waals surface area contributed by atoms with Crippen molar-refractivity contribution in [1.29, 1.82) is 0 Å². The fourth-order valence-corrected chi connectivity index (χ4v) is 14.4. The largest absolute Gasteiger partial charge is 0.495 e. The number of anilines is 3. The first-order valence-electron chi connectivity index (χ1n) is 31.4. The summed E-state index contributed by atoms with van der Waals surface area (Å²) in [5, 5.41) is 23.6. The highest BCUT2D eigenvalue weighted by atomic mass is 35.5. The summed E-state index contributed by atoms with van der Waals surface area (Å²) in [5.41, 5.74) is 6.11. The van der Waals surface area contributed by atoms with Gasteiger partial charge in [-0.05, 0) is 117 Å². The number of pyridine rings is 1. The number of nitrogens with zero attached hydrogens (tertiary/aromatic N) is 7. The van der Waals surface area contributed by atoms with Crippen molar-refractivity contribution in [1.82, 2.24) is 50.8 Å². The molecule has 6 N–H and O–H groups in total. The van der Waals surface area contributed by atoms with Crippen LogP contribution in [-0.4, -0.2) is 132 Å². The van der Waals surface area contributed by atoms with Crippen LogP contribution in [0.1, 0.15) is 57.8 Å². The summed E-state index contributed by atoms with van der Waals surface area (Å²) in [6.07, 6.45) is 19.2. The molecule has 0 bridgehead atoms. The topological polar surface area (TPSA) is 269 Å². The number of benzene rings is 5. The fourth-order valence-electron chi connectivity index (χ4n) is 12.2. The van der Waals surface area contributed by atoms with Gasteiger partial charge in [0.1, 0.15) is 34.5 Å². The van der Waals surface area contributed by atoms with Gasteiger partial charge in [-0.15, -0.1) is 0 Å². The number of amides is 3. The molecule has 6 atom stereocenters. The highest BCUT2D eigenvalue weighted by Crippen LogP contribution is 2.49. The molecule has 9 aromatic rings. The van der Waals surface area contributed by atoms with Crippen molar-refractivity contribution in [3.63, 3.8) is 0 Å². The highest BCUT2D eigenvalue weighted by Gasteiger charge is 2.32. The summed E-state index contributed by atoms with van der Waals surface area (Å²) in [5.74, 6) is 3.71. The van der Waals surface area contributed by atoms with Crippen LogP contribution >= 0.6 is 69.6 Å². The average molecular weight is 1460 g/mol. The number of carbonyl (C=O) groups excluding carboxylic acids is 3. The van der Waals surface area contributed by atoms with Gasteiger partial charge >= 0.3 is 0 Å². The van der Waals surface area contributed by atoms with Gasteiger partial charge in [0.05, 0.1) is 83.8 Å². The van der Waals surface area contributed by atoms with Crippen molar-refractivity contribution in [2.24, 2.45) is 0 Å². The first-order valence-corrected chi connectivity index (χ1v) is 33.7. The number of ether oxygens (including phenoxy) is 6. The van der Waals surface area contributed by atoms with Gasteiger partial charge in [0.2, 0.25) is 35.6 Å². The van der Waals surface area contributed by atoms with Crippen molar-refractivity contribution in [2.45, 2.75) is 94.0 Å². The maximum absolute atomic E-state index is 11.7. The predicted octanol–water partition coefficient (Wildman–Crippen LogP) is 15.2. The van der Waals surface area contributed by atoms with Crippen LogP contribution in [0.2, 0.25) is 30.1 Å². The second kappa shape index (κ2) is 33.1. The van der Waals surface area contributed by atoms with E-state index in [0.717, 1.165) is 96.1 Å². The molecule has 22 nitrogen and oxygen atoms in total. The number of methoxy groups -OCH3 is 6. The van der Waals surface area contributed by atoms with Gasteiger partial charge in [0.25, 0.3) is 0 Å². The lowest BCUT2D eigenvalue weighted by molar-refractivity contribution is -0.118. The second-order valence-corrected chi connectivity index (χ2v) is 25.4. The van der Waals surface area contributed by atoms with Gasteiger partial charge in [0, 0.05) is 118 Å². The van der Waals surface area contributed by atoms with Gasteiger partial charge in [-0.3, -0.25) is 14.4 Å². The van der Waals surface area contributed by atoms with Gasteiger partial charge in [-0.25, -0.2) is 29.9 Å². The molecule has 3 saturated carbocycles. The maximum atomic E-state index is 11.7. The van der Waals surface area contributed by atoms with E-state index in [1.807, 2.05) is 42.5 Å². The smallest absolute Gasteiger partial charge is 0.243 e. The number of halogens is 6. The second-order valence-electron chi connectivity index (χ2n) is 23.1. The molecule has 3 aliphatic carbocycles. The molecule has 2 unspecified atom stereocenters.